The SMILES string of the molecule is Cc1csc([C@@H]2C[C@H]3CCN(C(=O)c4ccncn4)C[C@@H]3O2)n1. The van der Waals surface area contributed by atoms with Crippen LogP contribution in [0.2, 0.25) is 0 Å². The molecule has 7 heteroatoms. The second-order valence-electron chi connectivity index (χ2n) is 6.12. The highest BCUT2D eigenvalue weighted by Crippen LogP contribution is 2.41. The number of nitrogens with zero attached hydrogens (tertiary/aromatic N) is 4. The van der Waals surface area contributed by atoms with Gasteiger partial charge in [-0.25, -0.2) is 15.0 Å². The minimum absolute atomic E-state index is 0.0389. The number of fused-ring (bicyclic) bond motifs is 1. The summed E-state index contributed by atoms with van der Waals surface area (Å²) in [7, 11) is 0. The molecule has 0 unspecified atom stereocenters. The minimum atomic E-state index is -0.0389. The van der Waals surface area contributed by atoms with Gasteiger partial charge in [0.05, 0.1) is 6.10 Å². The fraction of sp³-hybridized carbons (Fsp3) is 0.500. The number of carbonyl (C=O) groups excluding carboxylic acids is 1. The van der Waals surface area contributed by atoms with Crippen LogP contribution in [0.15, 0.2) is 24.0 Å². The zero-order valence-corrected chi connectivity index (χ0v) is 13.7. The Hall–Kier alpha value is -1.86. The van der Waals surface area contributed by atoms with Crippen molar-refractivity contribution in [1.82, 2.24) is 19.9 Å². The summed E-state index contributed by atoms with van der Waals surface area (Å²) in [5.74, 6) is 0.474. The molecule has 120 valence electrons. The lowest BCUT2D eigenvalue weighted by molar-refractivity contribution is -0.00467. The molecule has 0 bridgehead atoms. The normalized spacial score (nSPS) is 27.0. The van der Waals surface area contributed by atoms with Gasteiger partial charge in [-0.15, -0.1) is 11.3 Å². The fourth-order valence-corrected chi connectivity index (χ4v) is 4.22. The number of aromatic nitrogens is 3. The van der Waals surface area contributed by atoms with E-state index >= 15 is 0 Å². The van der Waals surface area contributed by atoms with E-state index in [2.05, 4.69) is 20.3 Å². The first-order chi connectivity index (χ1) is 11.2. The number of thiazole rings is 1. The van der Waals surface area contributed by atoms with Gasteiger partial charge >= 0.3 is 0 Å². The van der Waals surface area contributed by atoms with Crippen molar-refractivity contribution in [3.05, 3.63) is 40.4 Å². The fourth-order valence-electron chi connectivity index (χ4n) is 3.37. The second-order valence-corrected chi connectivity index (χ2v) is 7.01. The Morgan fingerprint density at radius 1 is 1.48 bits per heavy atom. The van der Waals surface area contributed by atoms with Gasteiger partial charge in [-0.3, -0.25) is 4.79 Å². The number of rotatable bonds is 2. The Bertz CT molecular complexity index is 705. The smallest absolute Gasteiger partial charge is 0.272 e. The number of piperidine rings is 1. The van der Waals surface area contributed by atoms with Gasteiger partial charge in [-0.05, 0) is 31.7 Å². The molecule has 4 rings (SSSR count). The van der Waals surface area contributed by atoms with E-state index < -0.39 is 0 Å². The number of amides is 1. The van der Waals surface area contributed by atoms with E-state index in [4.69, 9.17) is 4.74 Å². The van der Waals surface area contributed by atoms with Crippen LogP contribution in [0.4, 0.5) is 0 Å². The summed E-state index contributed by atoms with van der Waals surface area (Å²) in [5.41, 5.74) is 1.49. The molecule has 0 aromatic carbocycles. The summed E-state index contributed by atoms with van der Waals surface area (Å²) < 4.78 is 6.20. The molecular formula is C16H18N4O2S. The van der Waals surface area contributed by atoms with Crippen LogP contribution in [-0.2, 0) is 4.74 Å². The third-order valence-electron chi connectivity index (χ3n) is 4.55. The molecule has 4 heterocycles. The molecule has 2 aliphatic heterocycles. The second kappa shape index (κ2) is 5.98. The third-order valence-corrected chi connectivity index (χ3v) is 5.61. The van der Waals surface area contributed by atoms with Crippen molar-refractivity contribution in [2.45, 2.75) is 32.0 Å². The van der Waals surface area contributed by atoms with Crippen molar-refractivity contribution >= 4 is 17.2 Å². The highest BCUT2D eigenvalue weighted by Gasteiger charge is 2.41. The van der Waals surface area contributed by atoms with Crippen molar-refractivity contribution in [2.75, 3.05) is 13.1 Å². The monoisotopic (exact) mass is 330 g/mol. The molecule has 6 nitrogen and oxygen atoms in total. The molecule has 0 spiro atoms. The first kappa shape index (κ1) is 14.7. The largest absolute Gasteiger partial charge is 0.366 e. The van der Waals surface area contributed by atoms with Gasteiger partial charge in [0.25, 0.3) is 5.91 Å². The predicted octanol–water partition coefficient (Wildman–Crippen LogP) is 2.23. The van der Waals surface area contributed by atoms with Crippen molar-refractivity contribution < 1.29 is 9.53 Å². The minimum Gasteiger partial charge on any atom is -0.366 e. The maximum atomic E-state index is 12.5. The van der Waals surface area contributed by atoms with Crippen LogP contribution in [0, 0.1) is 12.8 Å². The number of carbonyl (C=O) groups is 1. The summed E-state index contributed by atoms with van der Waals surface area (Å²) in [5, 5.41) is 3.12. The lowest BCUT2D eigenvalue weighted by Gasteiger charge is -2.33. The number of aryl methyl sites for hydroxylation is 1. The van der Waals surface area contributed by atoms with E-state index in [1.54, 1.807) is 23.6 Å². The van der Waals surface area contributed by atoms with Crippen molar-refractivity contribution in [2.24, 2.45) is 5.92 Å². The zero-order valence-electron chi connectivity index (χ0n) is 12.9. The van der Waals surface area contributed by atoms with Crippen molar-refractivity contribution in [3.8, 4) is 0 Å². The number of likely N-dealkylation sites (tertiary alicyclic amines) is 1. The molecule has 2 aliphatic rings. The zero-order chi connectivity index (χ0) is 15.8. The third kappa shape index (κ3) is 2.86. The summed E-state index contributed by atoms with van der Waals surface area (Å²) in [6.45, 7) is 3.40. The quantitative estimate of drug-likeness (QED) is 0.845. The number of hydrogen-bond donors (Lipinski definition) is 0. The van der Waals surface area contributed by atoms with Crippen LogP contribution < -0.4 is 0 Å². The molecular weight excluding hydrogens is 312 g/mol. The number of ether oxygens (including phenoxy) is 1. The van der Waals surface area contributed by atoms with Gasteiger partial charge in [0, 0.05) is 30.4 Å². The molecule has 1 amide bonds. The molecule has 23 heavy (non-hydrogen) atoms. The molecule has 0 saturated carbocycles. The molecule has 2 aromatic rings. The molecule has 0 N–H and O–H groups in total. The Morgan fingerprint density at radius 2 is 2.39 bits per heavy atom. The molecule has 2 saturated heterocycles. The van der Waals surface area contributed by atoms with Gasteiger partial charge in [0.1, 0.15) is 23.1 Å². The Morgan fingerprint density at radius 3 is 3.13 bits per heavy atom. The highest BCUT2D eigenvalue weighted by molar-refractivity contribution is 7.09. The van der Waals surface area contributed by atoms with Crippen LogP contribution in [-0.4, -0.2) is 45.0 Å². The van der Waals surface area contributed by atoms with Crippen LogP contribution >= 0.6 is 11.3 Å². The Labute approximate surface area is 138 Å². The maximum Gasteiger partial charge on any atom is 0.272 e. The topological polar surface area (TPSA) is 68.2 Å². The van der Waals surface area contributed by atoms with Crippen LogP contribution in [0.25, 0.3) is 0 Å². The van der Waals surface area contributed by atoms with Crippen molar-refractivity contribution in [3.63, 3.8) is 0 Å². The van der Waals surface area contributed by atoms with Crippen LogP contribution in [0.5, 0.6) is 0 Å². The van der Waals surface area contributed by atoms with E-state index in [1.807, 2.05) is 11.8 Å². The highest BCUT2D eigenvalue weighted by atomic mass is 32.1. The number of hydrogen-bond acceptors (Lipinski definition) is 6. The van der Waals surface area contributed by atoms with Crippen molar-refractivity contribution in [1.29, 1.82) is 0 Å². The lowest BCUT2D eigenvalue weighted by atomic mass is 9.91. The summed E-state index contributed by atoms with van der Waals surface area (Å²) in [4.78, 5) is 26.8. The summed E-state index contributed by atoms with van der Waals surface area (Å²) >= 11 is 1.66. The van der Waals surface area contributed by atoms with Gasteiger partial charge in [-0.1, -0.05) is 0 Å². The van der Waals surface area contributed by atoms with E-state index in [1.165, 1.54) is 6.33 Å². The van der Waals surface area contributed by atoms with E-state index in [-0.39, 0.29) is 18.1 Å². The van der Waals surface area contributed by atoms with E-state index in [0.29, 0.717) is 18.2 Å². The van der Waals surface area contributed by atoms with Gasteiger partial charge in [0.2, 0.25) is 0 Å². The van der Waals surface area contributed by atoms with Gasteiger partial charge in [0.15, 0.2) is 0 Å². The molecule has 0 radical (unpaired) electrons. The van der Waals surface area contributed by atoms with Gasteiger partial charge in [-0.2, -0.15) is 0 Å². The Balaban J connectivity index is 1.44. The predicted molar refractivity (Wildman–Crippen MR) is 85.1 cm³/mol. The molecule has 2 fully saturated rings. The molecule has 0 aliphatic carbocycles. The first-order valence-corrected chi connectivity index (χ1v) is 8.71. The van der Waals surface area contributed by atoms with E-state index in [0.717, 1.165) is 30.1 Å². The molecule has 2 aromatic heterocycles. The van der Waals surface area contributed by atoms with E-state index in [9.17, 15) is 4.79 Å². The van der Waals surface area contributed by atoms with Crippen LogP contribution in [0.1, 0.15) is 40.1 Å². The van der Waals surface area contributed by atoms with Gasteiger partial charge < -0.3 is 9.64 Å². The average Bonchev–Trinajstić information content (AvgIpc) is 3.20. The Kier molecular flexibility index (Phi) is 3.82. The lowest BCUT2D eigenvalue weighted by Crippen LogP contribution is -2.45. The summed E-state index contributed by atoms with van der Waals surface area (Å²) in [6.07, 6.45) is 5.17. The standard InChI is InChI=1S/C16H18N4O2S/c1-10-8-23-15(19-10)13-6-11-3-5-20(7-14(11)22-13)16(21)12-2-4-17-9-18-12/h2,4,8-9,11,13-14H,3,5-7H2,1H3/t11-,13+,14+/m1/s1. The van der Waals surface area contributed by atoms with Crippen LogP contribution in [0.3, 0.4) is 0 Å². The first-order valence-electron chi connectivity index (χ1n) is 7.83. The summed E-state index contributed by atoms with van der Waals surface area (Å²) in [6, 6.07) is 1.66. The maximum absolute atomic E-state index is 12.5. The molecule has 3 atom stereocenters. The average molecular weight is 330 g/mol.